The number of furan rings is 1. The first kappa shape index (κ1) is 23.2. The SMILES string of the molecule is O=C(N/N=C/c1cc(I)c(OCc2ccccc2F)c(I)c1)c1cc2cc(Br)ccc2o1. The Kier molecular flexibility index (Phi) is 7.46. The molecule has 3 aromatic carbocycles. The van der Waals surface area contributed by atoms with Gasteiger partial charge in [0.15, 0.2) is 5.76 Å². The molecule has 5 nitrogen and oxygen atoms in total. The summed E-state index contributed by atoms with van der Waals surface area (Å²) in [5.74, 6) is 0.109. The van der Waals surface area contributed by atoms with E-state index in [9.17, 15) is 9.18 Å². The number of amides is 1. The highest BCUT2D eigenvalue weighted by Crippen LogP contribution is 2.29. The van der Waals surface area contributed by atoms with Gasteiger partial charge in [-0.05, 0) is 93.2 Å². The first-order valence-electron chi connectivity index (χ1n) is 9.28. The number of carbonyl (C=O) groups is 1. The predicted octanol–water partition coefficient (Wildman–Crippen LogP) is 6.89. The van der Waals surface area contributed by atoms with E-state index in [0.717, 1.165) is 22.6 Å². The van der Waals surface area contributed by atoms with Crippen molar-refractivity contribution in [1.82, 2.24) is 5.43 Å². The Balaban J connectivity index is 1.42. The molecule has 1 heterocycles. The minimum Gasteiger partial charge on any atom is -0.487 e. The zero-order chi connectivity index (χ0) is 22.7. The van der Waals surface area contributed by atoms with Crippen molar-refractivity contribution in [3.63, 3.8) is 0 Å². The van der Waals surface area contributed by atoms with Gasteiger partial charge in [0.05, 0.1) is 13.4 Å². The zero-order valence-electron chi connectivity index (χ0n) is 16.2. The molecule has 32 heavy (non-hydrogen) atoms. The molecule has 0 aliphatic carbocycles. The van der Waals surface area contributed by atoms with E-state index in [4.69, 9.17) is 9.15 Å². The van der Waals surface area contributed by atoms with Crippen LogP contribution >= 0.6 is 61.1 Å². The van der Waals surface area contributed by atoms with E-state index in [-0.39, 0.29) is 18.2 Å². The fraction of sp³-hybridized carbons (Fsp3) is 0.0435. The second-order valence-corrected chi connectivity index (χ2v) is 9.93. The third-order valence-corrected chi connectivity index (χ3v) is 6.53. The van der Waals surface area contributed by atoms with Crippen LogP contribution in [-0.2, 0) is 6.61 Å². The minimum absolute atomic E-state index is 0.135. The van der Waals surface area contributed by atoms with Gasteiger partial charge in [-0.3, -0.25) is 4.79 Å². The van der Waals surface area contributed by atoms with Crippen LogP contribution in [0, 0.1) is 13.0 Å². The molecule has 0 aliphatic rings. The lowest BCUT2D eigenvalue weighted by molar-refractivity contribution is 0.0929. The lowest BCUT2D eigenvalue weighted by Gasteiger charge is -2.12. The van der Waals surface area contributed by atoms with Gasteiger partial charge in [0.25, 0.3) is 0 Å². The summed E-state index contributed by atoms with van der Waals surface area (Å²) in [6.07, 6.45) is 1.54. The summed E-state index contributed by atoms with van der Waals surface area (Å²) in [4.78, 5) is 12.3. The molecule has 0 spiro atoms. The lowest BCUT2D eigenvalue weighted by Crippen LogP contribution is -2.16. The van der Waals surface area contributed by atoms with Crippen LogP contribution in [0.2, 0.25) is 0 Å². The van der Waals surface area contributed by atoms with Crippen molar-refractivity contribution in [3.8, 4) is 5.75 Å². The monoisotopic (exact) mass is 718 g/mol. The molecule has 4 rings (SSSR count). The van der Waals surface area contributed by atoms with E-state index < -0.39 is 5.91 Å². The number of benzene rings is 3. The van der Waals surface area contributed by atoms with Crippen molar-refractivity contribution in [2.45, 2.75) is 6.61 Å². The number of halogens is 4. The number of hydrazone groups is 1. The Hall–Kier alpha value is -1.99. The molecule has 0 radical (unpaired) electrons. The van der Waals surface area contributed by atoms with Crippen LogP contribution < -0.4 is 10.2 Å². The van der Waals surface area contributed by atoms with Crippen molar-refractivity contribution < 1.29 is 18.3 Å². The summed E-state index contributed by atoms with van der Waals surface area (Å²) in [6, 6.07) is 17.4. The summed E-state index contributed by atoms with van der Waals surface area (Å²) in [5.41, 5.74) is 4.37. The molecule has 0 bridgehead atoms. The highest BCUT2D eigenvalue weighted by Gasteiger charge is 2.13. The molecular formula is C23H14BrFI2N2O3. The highest BCUT2D eigenvalue weighted by molar-refractivity contribution is 14.1. The third kappa shape index (κ3) is 5.49. The maximum absolute atomic E-state index is 13.8. The van der Waals surface area contributed by atoms with Crippen LogP contribution in [-0.4, -0.2) is 12.1 Å². The quantitative estimate of drug-likeness (QED) is 0.134. The van der Waals surface area contributed by atoms with Crippen LogP contribution in [0.15, 0.2) is 74.7 Å². The van der Waals surface area contributed by atoms with E-state index in [1.807, 2.05) is 24.3 Å². The predicted molar refractivity (Wildman–Crippen MR) is 142 cm³/mol. The van der Waals surface area contributed by atoms with Gasteiger partial charge in [-0.15, -0.1) is 0 Å². The zero-order valence-corrected chi connectivity index (χ0v) is 22.1. The van der Waals surface area contributed by atoms with E-state index >= 15 is 0 Å². The largest absolute Gasteiger partial charge is 0.487 e. The van der Waals surface area contributed by atoms with Gasteiger partial charge in [-0.25, -0.2) is 9.82 Å². The van der Waals surface area contributed by atoms with Gasteiger partial charge in [-0.2, -0.15) is 5.10 Å². The average molecular weight is 719 g/mol. The summed E-state index contributed by atoms with van der Waals surface area (Å²) in [7, 11) is 0. The van der Waals surface area contributed by atoms with Crippen LogP contribution in [0.1, 0.15) is 21.7 Å². The number of hydrogen-bond acceptors (Lipinski definition) is 4. The standard InChI is InChI=1S/C23H14BrFI2N2O3/c24-16-5-6-20-15(9-16)10-21(32-20)23(30)29-28-11-13-7-18(26)22(19(27)8-13)31-12-14-3-1-2-4-17(14)25/h1-11H,12H2,(H,29,30)/b28-11+. The minimum atomic E-state index is -0.442. The van der Waals surface area contributed by atoms with Crippen molar-refractivity contribution in [2.24, 2.45) is 5.10 Å². The molecule has 162 valence electrons. The van der Waals surface area contributed by atoms with Crippen molar-refractivity contribution >= 4 is 84.2 Å². The molecule has 1 aromatic heterocycles. The maximum atomic E-state index is 13.8. The van der Waals surface area contributed by atoms with Gasteiger partial charge in [0, 0.05) is 15.4 Å². The fourth-order valence-electron chi connectivity index (χ4n) is 2.90. The Labute approximate surface area is 218 Å². The second-order valence-electron chi connectivity index (χ2n) is 6.69. The topological polar surface area (TPSA) is 63.8 Å². The van der Waals surface area contributed by atoms with E-state index in [1.54, 1.807) is 36.5 Å². The number of ether oxygens (including phenoxy) is 1. The molecule has 1 amide bonds. The number of rotatable bonds is 6. The number of nitrogens with one attached hydrogen (secondary N) is 1. The van der Waals surface area contributed by atoms with Crippen molar-refractivity contribution in [3.05, 3.63) is 95.0 Å². The van der Waals surface area contributed by atoms with Gasteiger partial charge >= 0.3 is 5.91 Å². The van der Waals surface area contributed by atoms with Crippen LogP contribution in [0.4, 0.5) is 4.39 Å². The van der Waals surface area contributed by atoms with Crippen molar-refractivity contribution in [2.75, 3.05) is 0 Å². The molecule has 0 saturated carbocycles. The molecule has 1 N–H and O–H groups in total. The van der Waals surface area contributed by atoms with Gasteiger partial charge in [-0.1, -0.05) is 34.1 Å². The molecule has 0 fully saturated rings. The fourth-order valence-corrected chi connectivity index (χ4v) is 5.41. The Morgan fingerprint density at radius 1 is 1.12 bits per heavy atom. The normalized spacial score (nSPS) is 11.2. The van der Waals surface area contributed by atoms with Crippen LogP contribution in [0.3, 0.4) is 0 Å². The second kappa shape index (κ2) is 10.3. The van der Waals surface area contributed by atoms with Gasteiger partial charge < -0.3 is 9.15 Å². The number of hydrogen-bond donors (Lipinski definition) is 1. The average Bonchev–Trinajstić information content (AvgIpc) is 3.17. The molecular weight excluding hydrogens is 705 g/mol. The number of carbonyl (C=O) groups excluding carboxylic acids is 1. The van der Waals surface area contributed by atoms with E-state index in [2.05, 4.69) is 71.6 Å². The lowest BCUT2D eigenvalue weighted by atomic mass is 10.2. The summed E-state index contributed by atoms with van der Waals surface area (Å²) in [6.45, 7) is 0.135. The Morgan fingerprint density at radius 2 is 1.88 bits per heavy atom. The highest BCUT2D eigenvalue weighted by atomic mass is 127. The molecule has 9 heteroatoms. The first-order valence-corrected chi connectivity index (χ1v) is 12.2. The molecule has 0 aliphatic heterocycles. The third-order valence-electron chi connectivity index (χ3n) is 4.43. The number of nitrogens with zero attached hydrogens (tertiary/aromatic N) is 1. The summed E-state index contributed by atoms with van der Waals surface area (Å²) in [5, 5.41) is 4.85. The number of fused-ring (bicyclic) bond motifs is 1. The Bertz CT molecular complexity index is 1320. The van der Waals surface area contributed by atoms with E-state index in [0.29, 0.717) is 16.9 Å². The van der Waals surface area contributed by atoms with Gasteiger partial charge in [0.1, 0.15) is 23.8 Å². The van der Waals surface area contributed by atoms with Crippen molar-refractivity contribution in [1.29, 1.82) is 0 Å². The van der Waals surface area contributed by atoms with Crippen LogP contribution in [0.5, 0.6) is 5.75 Å². The summed E-state index contributed by atoms with van der Waals surface area (Å²) < 4.78 is 27.8. The molecule has 4 aromatic rings. The van der Waals surface area contributed by atoms with Gasteiger partial charge in [0.2, 0.25) is 0 Å². The molecule has 0 unspecified atom stereocenters. The molecule has 0 saturated heterocycles. The molecule has 0 atom stereocenters. The van der Waals surface area contributed by atoms with Crippen LogP contribution in [0.25, 0.3) is 11.0 Å². The smallest absolute Gasteiger partial charge is 0.307 e. The Morgan fingerprint density at radius 3 is 2.62 bits per heavy atom. The maximum Gasteiger partial charge on any atom is 0.307 e. The van der Waals surface area contributed by atoms with E-state index in [1.165, 1.54) is 6.07 Å². The first-order chi connectivity index (χ1) is 15.4. The summed E-state index contributed by atoms with van der Waals surface area (Å²) >= 11 is 7.71.